The lowest BCUT2D eigenvalue weighted by Gasteiger charge is -2.23. The van der Waals surface area contributed by atoms with Crippen molar-refractivity contribution in [2.45, 2.75) is 6.04 Å². The number of hydrogen-bond donors (Lipinski definition) is 1. The van der Waals surface area contributed by atoms with E-state index in [9.17, 15) is 0 Å². The second-order valence-electron chi connectivity index (χ2n) is 4.71. The van der Waals surface area contributed by atoms with Gasteiger partial charge in [-0.25, -0.2) is 4.68 Å². The third-order valence-corrected chi connectivity index (χ3v) is 4.78. The fourth-order valence-electron chi connectivity index (χ4n) is 2.44. The summed E-state index contributed by atoms with van der Waals surface area (Å²) in [6, 6.07) is 12.5. The van der Waals surface area contributed by atoms with Gasteiger partial charge in [0.05, 0.1) is 10.6 Å². The first-order chi connectivity index (χ1) is 10.3. The molecule has 0 radical (unpaired) electrons. The summed E-state index contributed by atoms with van der Waals surface area (Å²) in [4.78, 5) is 5.51. The average Bonchev–Trinajstić information content (AvgIpc) is 3.17. The fourth-order valence-corrected chi connectivity index (χ4v) is 3.56. The van der Waals surface area contributed by atoms with Gasteiger partial charge >= 0.3 is 0 Å². The van der Waals surface area contributed by atoms with Gasteiger partial charge in [-0.05, 0) is 35.2 Å². The molecule has 0 saturated heterocycles. The van der Waals surface area contributed by atoms with Gasteiger partial charge in [0.15, 0.2) is 0 Å². The van der Waals surface area contributed by atoms with Crippen molar-refractivity contribution in [2.24, 2.45) is 0 Å². The van der Waals surface area contributed by atoms with Gasteiger partial charge in [-0.1, -0.05) is 34.1 Å². The smallest absolute Gasteiger partial charge is 0.226 e. The molecule has 1 aromatic carbocycles. The highest BCUT2D eigenvalue weighted by Crippen LogP contribution is 2.33. The molecule has 1 N–H and O–H groups in total. The van der Waals surface area contributed by atoms with E-state index in [0.717, 1.165) is 16.1 Å². The molecule has 104 valence electrons. The van der Waals surface area contributed by atoms with Crippen molar-refractivity contribution < 1.29 is 0 Å². The lowest BCUT2D eigenvalue weighted by atomic mass is 10.0. The van der Waals surface area contributed by atoms with Crippen LogP contribution in [-0.4, -0.2) is 14.8 Å². The molecule has 1 unspecified atom stereocenters. The highest BCUT2D eigenvalue weighted by molar-refractivity contribution is 9.10. The van der Waals surface area contributed by atoms with Crippen molar-refractivity contribution in [3.8, 4) is 0 Å². The molecule has 3 aromatic rings. The standard InChI is InChI=1S/C15H11BrN4S/c16-11-4-1-3-10(7-11)13-8-12(14-5-2-6-21-14)19-15-17-9-18-20(13)15/h1-9,13H,(H,17,18,19). The summed E-state index contributed by atoms with van der Waals surface area (Å²) < 4.78 is 2.96. The van der Waals surface area contributed by atoms with Crippen LogP contribution >= 0.6 is 27.3 Å². The molecule has 0 spiro atoms. The topological polar surface area (TPSA) is 42.7 Å². The number of halogens is 1. The zero-order valence-corrected chi connectivity index (χ0v) is 13.3. The third-order valence-electron chi connectivity index (χ3n) is 3.38. The number of aromatic nitrogens is 3. The molecular formula is C15H11BrN4S. The van der Waals surface area contributed by atoms with Gasteiger partial charge in [-0.2, -0.15) is 10.1 Å². The van der Waals surface area contributed by atoms with Gasteiger partial charge < -0.3 is 5.32 Å². The first-order valence-electron chi connectivity index (χ1n) is 6.49. The molecule has 0 bridgehead atoms. The molecule has 1 aliphatic rings. The van der Waals surface area contributed by atoms with Crippen LogP contribution < -0.4 is 5.32 Å². The van der Waals surface area contributed by atoms with Crippen LogP contribution in [0, 0.1) is 0 Å². The summed E-state index contributed by atoms with van der Waals surface area (Å²) >= 11 is 5.24. The highest BCUT2D eigenvalue weighted by Gasteiger charge is 2.23. The molecule has 2 aromatic heterocycles. The SMILES string of the molecule is Brc1cccc(C2C=C(c3cccs3)Nc3ncnn32)c1. The van der Waals surface area contributed by atoms with Gasteiger partial charge in [0.1, 0.15) is 12.4 Å². The summed E-state index contributed by atoms with van der Waals surface area (Å²) in [6.45, 7) is 0. The summed E-state index contributed by atoms with van der Waals surface area (Å²) in [5.41, 5.74) is 2.25. The van der Waals surface area contributed by atoms with Crippen LogP contribution in [0.1, 0.15) is 16.5 Å². The molecule has 1 aliphatic heterocycles. The van der Waals surface area contributed by atoms with E-state index in [2.05, 4.69) is 67.1 Å². The third kappa shape index (κ3) is 2.30. The summed E-state index contributed by atoms with van der Waals surface area (Å²) in [5, 5.41) is 9.76. The van der Waals surface area contributed by atoms with Crippen LogP contribution in [0.5, 0.6) is 0 Å². The van der Waals surface area contributed by atoms with Gasteiger partial charge in [0.25, 0.3) is 0 Å². The Morgan fingerprint density at radius 2 is 2.19 bits per heavy atom. The minimum absolute atomic E-state index is 0.0401. The van der Waals surface area contributed by atoms with Crippen LogP contribution in [0.4, 0.5) is 5.95 Å². The first-order valence-corrected chi connectivity index (χ1v) is 8.16. The molecule has 4 nitrogen and oxygen atoms in total. The van der Waals surface area contributed by atoms with Crippen molar-refractivity contribution in [3.05, 3.63) is 69.1 Å². The van der Waals surface area contributed by atoms with Gasteiger partial charge in [-0.15, -0.1) is 11.3 Å². The first kappa shape index (κ1) is 12.8. The zero-order valence-electron chi connectivity index (χ0n) is 10.9. The van der Waals surface area contributed by atoms with E-state index in [1.165, 1.54) is 10.4 Å². The molecule has 0 fully saturated rings. The van der Waals surface area contributed by atoms with E-state index in [4.69, 9.17) is 0 Å². The van der Waals surface area contributed by atoms with E-state index in [-0.39, 0.29) is 6.04 Å². The Balaban J connectivity index is 1.84. The number of rotatable bonds is 2. The minimum Gasteiger partial charge on any atom is -0.323 e. The maximum absolute atomic E-state index is 4.35. The molecule has 3 heterocycles. The number of thiophene rings is 1. The number of allylic oxidation sites excluding steroid dienone is 1. The molecule has 21 heavy (non-hydrogen) atoms. The van der Waals surface area contributed by atoms with Crippen LogP contribution in [0.3, 0.4) is 0 Å². The van der Waals surface area contributed by atoms with Crippen LogP contribution in [0.25, 0.3) is 5.70 Å². The number of nitrogens with zero attached hydrogens (tertiary/aromatic N) is 3. The van der Waals surface area contributed by atoms with Crippen LogP contribution in [-0.2, 0) is 0 Å². The Labute approximate surface area is 134 Å². The number of fused-ring (bicyclic) bond motifs is 1. The Morgan fingerprint density at radius 1 is 1.24 bits per heavy atom. The van der Waals surface area contributed by atoms with Crippen molar-refractivity contribution in [1.82, 2.24) is 14.8 Å². The molecule has 0 saturated carbocycles. The zero-order chi connectivity index (χ0) is 14.2. The Morgan fingerprint density at radius 3 is 3.00 bits per heavy atom. The van der Waals surface area contributed by atoms with Crippen LogP contribution in [0.15, 0.2) is 58.7 Å². The van der Waals surface area contributed by atoms with Gasteiger partial charge in [0, 0.05) is 4.47 Å². The Kier molecular flexibility index (Phi) is 3.12. The quantitative estimate of drug-likeness (QED) is 0.747. The molecule has 0 aliphatic carbocycles. The van der Waals surface area contributed by atoms with E-state index in [1.807, 2.05) is 16.8 Å². The molecule has 0 amide bonds. The lowest BCUT2D eigenvalue weighted by molar-refractivity contribution is 0.612. The van der Waals surface area contributed by atoms with E-state index in [1.54, 1.807) is 17.7 Å². The average molecular weight is 359 g/mol. The molecule has 6 heteroatoms. The Bertz CT molecular complexity index is 807. The fraction of sp³-hybridized carbons (Fsp3) is 0.0667. The second-order valence-corrected chi connectivity index (χ2v) is 6.57. The predicted octanol–water partition coefficient (Wildman–Crippen LogP) is 4.16. The van der Waals surface area contributed by atoms with Gasteiger partial charge in [-0.3, -0.25) is 0 Å². The second kappa shape index (κ2) is 5.13. The van der Waals surface area contributed by atoms with E-state index >= 15 is 0 Å². The van der Waals surface area contributed by atoms with Crippen molar-refractivity contribution in [3.63, 3.8) is 0 Å². The normalized spacial score (nSPS) is 17.0. The molecule has 1 atom stereocenters. The molecule has 4 rings (SSSR count). The van der Waals surface area contributed by atoms with Crippen molar-refractivity contribution in [2.75, 3.05) is 5.32 Å². The highest BCUT2D eigenvalue weighted by atomic mass is 79.9. The molecular weight excluding hydrogens is 348 g/mol. The maximum atomic E-state index is 4.35. The monoisotopic (exact) mass is 358 g/mol. The number of benzene rings is 1. The number of hydrogen-bond acceptors (Lipinski definition) is 4. The number of anilines is 1. The summed E-state index contributed by atoms with van der Waals surface area (Å²) in [5.74, 6) is 0.769. The van der Waals surface area contributed by atoms with Crippen molar-refractivity contribution >= 4 is 38.9 Å². The minimum atomic E-state index is 0.0401. The summed E-state index contributed by atoms with van der Waals surface area (Å²) in [6.07, 6.45) is 3.77. The largest absolute Gasteiger partial charge is 0.323 e. The van der Waals surface area contributed by atoms with Crippen molar-refractivity contribution in [1.29, 1.82) is 0 Å². The lowest BCUT2D eigenvalue weighted by Crippen LogP contribution is -2.19. The Hall–Kier alpha value is -1.92. The summed E-state index contributed by atoms with van der Waals surface area (Å²) in [7, 11) is 0. The maximum Gasteiger partial charge on any atom is 0.226 e. The van der Waals surface area contributed by atoms with E-state index < -0.39 is 0 Å². The van der Waals surface area contributed by atoms with E-state index in [0.29, 0.717) is 0 Å². The van der Waals surface area contributed by atoms with Gasteiger partial charge in [0.2, 0.25) is 5.95 Å². The number of nitrogens with one attached hydrogen (secondary N) is 1. The predicted molar refractivity (Wildman–Crippen MR) is 88.2 cm³/mol. The van der Waals surface area contributed by atoms with Crippen LogP contribution in [0.2, 0.25) is 0 Å².